The highest BCUT2D eigenvalue weighted by Gasteiger charge is 2.35. The van der Waals surface area contributed by atoms with Crippen molar-refractivity contribution in [3.63, 3.8) is 0 Å². The van der Waals surface area contributed by atoms with E-state index in [1.807, 2.05) is 18.2 Å². The van der Waals surface area contributed by atoms with Gasteiger partial charge >= 0.3 is 6.03 Å². The highest BCUT2D eigenvalue weighted by atomic mass is 19.1. The van der Waals surface area contributed by atoms with Crippen molar-refractivity contribution in [2.24, 2.45) is 5.10 Å². The molecule has 0 bridgehead atoms. The molecule has 1 unspecified atom stereocenters. The van der Waals surface area contributed by atoms with Crippen LogP contribution in [0.1, 0.15) is 23.6 Å². The Labute approximate surface area is 176 Å². The van der Waals surface area contributed by atoms with Gasteiger partial charge in [-0.3, -0.25) is 4.79 Å². The first kappa shape index (κ1) is 19.2. The number of anilines is 1. The van der Waals surface area contributed by atoms with Gasteiger partial charge in [0.15, 0.2) is 6.61 Å². The topological polar surface area (TPSA) is 74.2 Å². The van der Waals surface area contributed by atoms with Gasteiger partial charge in [0.1, 0.15) is 17.4 Å². The van der Waals surface area contributed by atoms with Crippen LogP contribution in [0.4, 0.5) is 19.3 Å². The summed E-state index contributed by atoms with van der Waals surface area (Å²) in [6.07, 6.45) is 3.93. The van der Waals surface area contributed by atoms with Crippen molar-refractivity contribution in [1.29, 1.82) is 0 Å². The Morgan fingerprint density at radius 3 is 2.71 bits per heavy atom. The number of carbonyl (C=O) groups is 2. The number of halogens is 2. The maximum Gasteiger partial charge on any atom is 0.341 e. The average molecular weight is 424 g/mol. The predicted molar refractivity (Wildman–Crippen MR) is 110 cm³/mol. The van der Waals surface area contributed by atoms with Crippen LogP contribution in [0.3, 0.4) is 0 Å². The van der Waals surface area contributed by atoms with E-state index >= 15 is 0 Å². The molecule has 0 aromatic heterocycles. The Kier molecular flexibility index (Phi) is 4.65. The van der Waals surface area contributed by atoms with Crippen LogP contribution in [0.2, 0.25) is 0 Å². The first-order valence-electron chi connectivity index (χ1n) is 9.79. The molecule has 1 N–H and O–H groups in total. The monoisotopic (exact) mass is 424 g/mol. The summed E-state index contributed by atoms with van der Waals surface area (Å²) in [5.41, 5.74) is 2.92. The summed E-state index contributed by atoms with van der Waals surface area (Å²) in [6, 6.07) is 7.91. The van der Waals surface area contributed by atoms with Gasteiger partial charge in [0.2, 0.25) is 0 Å². The van der Waals surface area contributed by atoms with Crippen LogP contribution in [-0.4, -0.2) is 47.8 Å². The van der Waals surface area contributed by atoms with E-state index in [4.69, 9.17) is 4.74 Å². The van der Waals surface area contributed by atoms with Gasteiger partial charge in [-0.2, -0.15) is 5.10 Å². The molecule has 3 aliphatic rings. The van der Waals surface area contributed by atoms with Crippen molar-refractivity contribution in [2.75, 3.05) is 25.0 Å². The molecule has 3 amide bonds. The lowest BCUT2D eigenvalue weighted by Gasteiger charge is -2.37. The van der Waals surface area contributed by atoms with Crippen LogP contribution in [0, 0.1) is 11.6 Å². The largest absolute Gasteiger partial charge is 0.482 e. The Morgan fingerprint density at radius 2 is 1.94 bits per heavy atom. The molecule has 5 rings (SSSR count). The summed E-state index contributed by atoms with van der Waals surface area (Å²) in [4.78, 5) is 26.0. The van der Waals surface area contributed by atoms with E-state index in [0.29, 0.717) is 36.5 Å². The second kappa shape index (κ2) is 7.50. The number of carbonyl (C=O) groups excluding carboxylic acids is 2. The van der Waals surface area contributed by atoms with Gasteiger partial charge in [0.05, 0.1) is 11.7 Å². The summed E-state index contributed by atoms with van der Waals surface area (Å²) in [5.74, 6) is -0.944. The molecule has 0 saturated carbocycles. The molecule has 9 heteroatoms. The number of likely N-dealkylation sites (tertiary alicyclic amines) is 1. The van der Waals surface area contributed by atoms with Gasteiger partial charge in [-0.05, 0) is 41.0 Å². The van der Waals surface area contributed by atoms with E-state index in [2.05, 4.69) is 10.4 Å². The number of amides is 3. The van der Waals surface area contributed by atoms with Crippen molar-refractivity contribution in [3.8, 4) is 5.75 Å². The van der Waals surface area contributed by atoms with Crippen LogP contribution in [0.15, 0.2) is 47.1 Å². The Hall–Kier alpha value is -3.75. The minimum Gasteiger partial charge on any atom is -0.482 e. The molecule has 3 heterocycles. The number of urea groups is 1. The van der Waals surface area contributed by atoms with Crippen LogP contribution in [0.25, 0.3) is 6.08 Å². The number of rotatable bonds is 2. The third-order valence-corrected chi connectivity index (χ3v) is 5.36. The van der Waals surface area contributed by atoms with Gasteiger partial charge in [0.25, 0.3) is 5.91 Å². The van der Waals surface area contributed by atoms with Crippen molar-refractivity contribution in [2.45, 2.75) is 12.5 Å². The number of benzene rings is 2. The minimum atomic E-state index is -0.685. The number of hydrogen-bond donors (Lipinski definition) is 1. The standard InChI is InChI=1S/C22H18F2N4O3/c23-16-7-15(8-17(24)9-16)19-3-4-25-28(19)22(30)27-10-14(11-27)5-13-1-2-20-18(6-13)26-21(29)12-31-20/h1-2,4-9,19H,3,10-12H2,(H,26,29). The zero-order valence-corrected chi connectivity index (χ0v) is 16.3. The van der Waals surface area contributed by atoms with Gasteiger partial charge in [-0.1, -0.05) is 12.1 Å². The van der Waals surface area contributed by atoms with E-state index in [9.17, 15) is 18.4 Å². The van der Waals surface area contributed by atoms with Crippen molar-refractivity contribution in [1.82, 2.24) is 9.91 Å². The highest BCUT2D eigenvalue weighted by Crippen LogP contribution is 2.33. The summed E-state index contributed by atoms with van der Waals surface area (Å²) in [5, 5.41) is 8.16. The summed E-state index contributed by atoms with van der Waals surface area (Å²) < 4.78 is 32.5. The molecular formula is C22H18F2N4O3. The molecule has 1 saturated heterocycles. The maximum absolute atomic E-state index is 13.6. The molecule has 158 valence electrons. The predicted octanol–water partition coefficient (Wildman–Crippen LogP) is 3.55. The van der Waals surface area contributed by atoms with Gasteiger partial charge in [-0.25, -0.2) is 18.6 Å². The molecular weight excluding hydrogens is 406 g/mol. The summed E-state index contributed by atoms with van der Waals surface area (Å²) in [7, 11) is 0. The number of ether oxygens (including phenoxy) is 1. The first-order chi connectivity index (χ1) is 15.0. The number of nitrogens with zero attached hydrogens (tertiary/aromatic N) is 3. The molecule has 2 aromatic carbocycles. The molecule has 1 fully saturated rings. The number of hydrogen-bond acceptors (Lipinski definition) is 4. The van der Waals surface area contributed by atoms with Crippen molar-refractivity contribution >= 4 is 29.9 Å². The Morgan fingerprint density at radius 1 is 1.16 bits per heavy atom. The summed E-state index contributed by atoms with van der Waals surface area (Å²) >= 11 is 0. The van der Waals surface area contributed by atoms with E-state index in [1.165, 1.54) is 17.1 Å². The molecule has 0 spiro atoms. The van der Waals surface area contributed by atoms with E-state index in [-0.39, 0.29) is 18.5 Å². The molecule has 31 heavy (non-hydrogen) atoms. The fourth-order valence-electron chi connectivity index (χ4n) is 3.88. The van der Waals surface area contributed by atoms with Crippen molar-refractivity contribution < 1.29 is 23.1 Å². The molecule has 7 nitrogen and oxygen atoms in total. The SMILES string of the molecule is O=C1COc2ccc(C=C3CN(C(=O)N4N=CCC4c4cc(F)cc(F)c4)C3)cc2N1. The lowest BCUT2D eigenvalue weighted by atomic mass is 10.0. The number of nitrogens with one attached hydrogen (secondary N) is 1. The lowest BCUT2D eigenvalue weighted by molar-refractivity contribution is -0.118. The van der Waals surface area contributed by atoms with Gasteiger partial charge in [0, 0.05) is 31.8 Å². The van der Waals surface area contributed by atoms with Crippen LogP contribution < -0.4 is 10.1 Å². The number of hydrazone groups is 1. The fraction of sp³-hybridized carbons (Fsp3) is 0.227. The normalized spacial score (nSPS) is 19.5. The quantitative estimate of drug-likeness (QED) is 0.801. The van der Waals surface area contributed by atoms with Gasteiger partial charge < -0.3 is 15.0 Å². The van der Waals surface area contributed by atoms with Crippen LogP contribution >= 0.6 is 0 Å². The lowest BCUT2D eigenvalue weighted by Crippen LogP contribution is -2.49. The Bertz CT molecular complexity index is 1120. The molecule has 0 radical (unpaired) electrons. The van der Waals surface area contributed by atoms with Crippen LogP contribution in [-0.2, 0) is 4.79 Å². The van der Waals surface area contributed by atoms with Crippen LogP contribution in [0.5, 0.6) is 5.75 Å². The number of fused-ring (bicyclic) bond motifs is 1. The third kappa shape index (κ3) is 3.74. The zero-order valence-electron chi connectivity index (χ0n) is 16.3. The smallest absolute Gasteiger partial charge is 0.341 e. The first-order valence-corrected chi connectivity index (χ1v) is 9.79. The second-order valence-electron chi connectivity index (χ2n) is 7.63. The third-order valence-electron chi connectivity index (χ3n) is 5.36. The fourth-order valence-corrected chi connectivity index (χ4v) is 3.88. The second-order valence-corrected chi connectivity index (χ2v) is 7.63. The van der Waals surface area contributed by atoms with Crippen molar-refractivity contribution in [3.05, 3.63) is 64.7 Å². The van der Waals surface area contributed by atoms with E-state index in [0.717, 1.165) is 17.2 Å². The van der Waals surface area contributed by atoms with E-state index in [1.54, 1.807) is 17.2 Å². The average Bonchev–Trinajstić information content (AvgIpc) is 3.19. The molecule has 2 aromatic rings. The molecule has 0 aliphatic carbocycles. The van der Waals surface area contributed by atoms with E-state index < -0.39 is 17.7 Å². The Balaban J connectivity index is 1.26. The zero-order chi connectivity index (χ0) is 21.5. The maximum atomic E-state index is 13.6. The molecule has 1 atom stereocenters. The minimum absolute atomic E-state index is 0.00669. The summed E-state index contributed by atoms with van der Waals surface area (Å²) in [6.45, 7) is 0.858. The molecule has 3 aliphatic heterocycles. The highest BCUT2D eigenvalue weighted by molar-refractivity contribution is 5.95. The van der Waals surface area contributed by atoms with Gasteiger partial charge in [-0.15, -0.1) is 0 Å².